The minimum absolute atomic E-state index is 0.217. The first-order chi connectivity index (χ1) is 9.20. The number of carboxylic acid groups (broad SMARTS) is 1. The van der Waals surface area contributed by atoms with Gasteiger partial charge in [0.25, 0.3) is 0 Å². The first-order valence-electron chi connectivity index (χ1n) is 6.48. The average molecular weight is 265 g/mol. The van der Waals surface area contributed by atoms with E-state index < -0.39 is 5.97 Å². The number of ether oxygens (including phenoxy) is 1. The Labute approximate surface area is 112 Å². The lowest BCUT2D eigenvalue weighted by Crippen LogP contribution is -2.36. The average Bonchev–Trinajstić information content (AvgIpc) is 2.45. The number of rotatable bonds is 5. The van der Waals surface area contributed by atoms with Crippen molar-refractivity contribution in [3.63, 3.8) is 0 Å². The number of anilines is 1. The van der Waals surface area contributed by atoms with Gasteiger partial charge in [-0.1, -0.05) is 0 Å². The molecular weight excluding hydrogens is 246 g/mol. The van der Waals surface area contributed by atoms with Crippen LogP contribution in [-0.4, -0.2) is 47.8 Å². The van der Waals surface area contributed by atoms with Crippen LogP contribution >= 0.6 is 0 Å². The second-order valence-corrected chi connectivity index (χ2v) is 4.71. The molecule has 0 unspecified atom stereocenters. The lowest BCUT2D eigenvalue weighted by atomic mass is 9.97. The Balaban J connectivity index is 1.97. The second-order valence-electron chi connectivity index (χ2n) is 4.71. The summed E-state index contributed by atoms with van der Waals surface area (Å²) in [5.74, 6) is -0.0286. The molecule has 6 nitrogen and oxygen atoms in total. The molecule has 1 N–H and O–H groups in total. The fourth-order valence-electron chi connectivity index (χ4n) is 2.26. The second kappa shape index (κ2) is 6.47. The number of carbonyl (C=O) groups is 1. The zero-order chi connectivity index (χ0) is 13.7. The van der Waals surface area contributed by atoms with Crippen LogP contribution in [-0.2, 0) is 16.0 Å². The van der Waals surface area contributed by atoms with Gasteiger partial charge in [0.2, 0.25) is 0 Å². The number of aromatic nitrogens is 2. The number of nitrogens with zero attached hydrogens (tertiary/aromatic N) is 3. The number of hydrogen-bond donors (Lipinski definition) is 1. The zero-order valence-corrected chi connectivity index (χ0v) is 11.1. The third kappa shape index (κ3) is 3.64. The lowest BCUT2D eigenvalue weighted by molar-refractivity contribution is -0.142. The van der Waals surface area contributed by atoms with Crippen LogP contribution in [0.1, 0.15) is 18.5 Å². The first-order valence-corrected chi connectivity index (χ1v) is 6.48. The fraction of sp³-hybridized carbons (Fsp3) is 0.615. The standard InChI is InChI=1S/C13H19N3O3/c1-19-7-4-11-8-12(15-9-14-11)16-5-2-10(3-6-16)13(17)18/h8-10H,2-7H2,1H3,(H,17,18). The summed E-state index contributed by atoms with van der Waals surface area (Å²) in [6.45, 7) is 2.10. The summed E-state index contributed by atoms with van der Waals surface area (Å²) in [4.78, 5) is 21.5. The van der Waals surface area contributed by atoms with Gasteiger partial charge in [0.1, 0.15) is 12.1 Å². The maximum absolute atomic E-state index is 10.9. The quantitative estimate of drug-likeness (QED) is 0.855. The van der Waals surface area contributed by atoms with Crippen LogP contribution < -0.4 is 4.90 Å². The van der Waals surface area contributed by atoms with Crippen molar-refractivity contribution in [2.45, 2.75) is 19.3 Å². The molecule has 0 spiro atoms. The molecule has 0 aromatic carbocycles. The molecule has 0 radical (unpaired) electrons. The van der Waals surface area contributed by atoms with E-state index in [1.165, 1.54) is 0 Å². The molecule has 1 aliphatic heterocycles. The van der Waals surface area contributed by atoms with Gasteiger partial charge in [0.05, 0.1) is 12.5 Å². The van der Waals surface area contributed by atoms with Crippen LogP contribution in [0.25, 0.3) is 0 Å². The van der Waals surface area contributed by atoms with Gasteiger partial charge >= 0.3 is 5.97 Å². The van der Waals surface area contributed by atoms with Gasteiger partial charge in [-0.25, -0.2) is 9.97 Å². The van der Waals surface area contributed by atoms with Crippen molar-refractivity contribution in [1.82, 2.24) is 9.97 Å². The predicted molar refractivity (Wildman–Crippen MR) is 70.2 cm³/mol. The van der Waals surface area contributed by atoms with Crippen LogP contribution in [0.5, 0.6) is 0 Å². The van der Waals surface area contributed by atoms with Crippen molar-refractivity contribution >= 4 is 11.8 Å². The highest BCUT2D eigenvalue weighted by atomic mass is 16.5. The Morgan fingerprint density at radius 2 is 2.21 bits per heavy atom. The number of carboxylic acids is 1. The Hall–Kier alpha value is -1.69. The molecule has 2 rings (SSSR count). The van der Waals surface area contributed by atoms with E-state index >= 15 is 0 Å². The Bertz CT molecular complexity index is 431. The molecule has 1 fully saturated rings. The topological polar surface area (TPSA) is 75.5 Å². The highest BCUT2D eigenvalue weighted by molar-refractivity contribution is 5.70. The maximum atomic E-state index is 10.9. The predicted octanol–water partition coefficient (Wildman–Crippen LogP) is 0.966. The summed E-state index contributed by atoms with van der Waals surface area (Å²) >= 11 is 0. The van der Waals surface area contributed by atoms with Gasteiger partial charge in [0, 0.05) is 38.4 Å². The summed E-state index contributed by atoms with van der Waals surface area (Å²) in [6, 6.07) is 1.96. The van der Waals surface area contributed by atoms with Crippen molar-refractivity contribution in [2.75, 3.05) is 31.7 Å². The van der Waals surface area contributed by atoms with E-state index in [4.69, 9.17) is 9.84 Å². The van der Waals surface area contributed by atoms with Gasteiger partial charge in [-0.05, 0) is 12.8 Å². The summed E-state index contributed by atoms with van der Waals surface area (Å²) in [5, 5.41) is 8.98. The minimum Gasteiger partial charge on any atom is -0.481 e. The molecule has 0 atom stereocenters. The normalized spacial score (nSPS) is 16.6. The molecule has 0 amide bonds. The Kier molecular flexibility index (Phi) is 4.68. The maximum Gasteiger partial charge on any atom is 0.306 e. The molecule has 0 saturated carbocycles. The third-order valence-corrected chi connectivity index (χ3v) is 3.44. The van der Waals surface area contributed by atoms with E-state index in [-0.39, 0.29) is 5.92 Å². The summed E-state index contributed by atoms with van der Waals surface area (Å²) in [6.07, 6.45) is 3.67. The van der Waals surface area contributed by atoms with E-state index in [1.54, 1.807) is 13.4 Å². The van der Waals surface area contributed by atoms with Crippen LogP contribution in [0.4, 0.5) is 5.82 Å². The molecule has 19 heavy (non-hydrogen) atoms. The number of aliphatic carboxylic acids is 1. The molecule has 1 aliphatic rings. The summed E-state index contributed by atoms with van der Waals surface area (Å²) in [7, 11) is 1.67. The van der Waals surface area contributed by atoms with E-state index in [0.29, 0.717) is 19.4 Å². The first kappa shape index (κ1) is 13.7. The highest BCUT2D eigenvalue weighted by Gasteiger charge is 2.25. The lowest BCUT2D eigenvalue weighted by Gasteiger charge is -2.31. The largest absolute Gasteiger partial charge is 0.481 e. The van der Waals surface area contributed by atoms with Crippen molar-refractivity contribution in [1.29, 1.82) is 0 Å². The number of methoxy groups -OCH3 is 1. The zero-order valence-electron chi connectivity index (χ0n) is 11.1. The van der Waals surface area contributed by atoms with Crippen molar-refractivity contribution < 1.29 is 14.6 Å². The van der Waals surface area contributed by atoms with Gasteiger partial charge in [-0.2, -0.15) is 0 Å². The number of hydrogen-bond acceptors (Lipinski definition) is 5. The van der Waals surface area contributed by atoms with E-state index in [1.807, 2.05) is 6.07 Å². The van der Waals surface area contributed by atoms with Crippen LogP contribution in [0.2, 0.25) is 0 Å². The molecule has 1 saturated heterocycles. The molecule has 6 heteroatoms. The van der Waals surface area contributed by atoms with Gasteiger partial charge in [-0.3, -0.25) is 4.79 Å². The van der Waals surface area contributed by atoms with E-state index in [0.717, 1.165) is 31.0 Å². The Morgan fingerprint density at radius 1 is 1.47 bits per heavy atom. The summed E-state index contributed by atoms with van der Waals surface area (Å²) < 4.78 is 5.03. The summed E-state index contributed by atoms with van der Waals surface area (Å²) in [5.41, 5.74) is 0.951. The third-order valence-electron chi connectivity index (χ3n) is 3.44. The molecule has 1 aromatic heterocycles. The smallest absolute Gasteiger partial charge is 0.306 e. The van der Waals surface area contributed by atoms with Crippen LogP contribution in [0.3, 0.4) is 0 Å². The monoisotopic (exact) mass is 265 g/mol. The molecule has 1 aromatic rings. The molecule has 0 bridgehead atoms. The fourth-order valence-corrected chi connectivity index (χ4v) is 2.26. The highest BCUT2D eigenvalue weighted by Crippen LogP contribution is 2.22. The molecular formula is C13H19N3O3. The molecule has 2 heterocycles. The number of piperidine rings is 1. The van der Waals surface area contributed by atoms with E-state index in [2.05, 4.69) is 14.9 Å². The van der Waals surface area contributed by atoms with Gasteiger partial charge in [0.15, 0.2) is 0 Å². The Morgan fingerprint density at radius 3 is 2.84 bits per heavy atom. The minimum atomic E-state index is -0.692. The molecule has 104 valence electrons. The van der Waals surface area contributed by atoms with Gasteiger partial charge in [-0.15, -0.1) is 0 Å². The van der Waals surface area contributed by atoms with Crippen LogP contribution in [0.15, 0.2) is 12.4 Å². The van der Waals surface area contributed by atoms with Gasteiger partial charge < -0.3 is 14.7 Å². The van der Waals surface area contributed by atoms with Crippen molar-refractivity contribution in [2.24, 2.45) is 5.92 Å². The van der Waals surface area contributed by atoms with E-state index in [9.17, 15) is 4.79 Å². The molecule has 0 aliphatic carbocycles. The van der Waals surface area contributed by atoms with Crippen molar-refractivity contribution in [3.05, 3.63) is 18.1 Å². The van der Waals surface area contributed by atoms with Crippen LogP contribution in [0, 0.1) is 5.92 Å². The van der Waals surface area contributed by atoms with Crippen molar-refractivity contribution in [3.8, 4) is 0 Å². The SMILES string of the molecule is COCCc1cc(N2CCC(C(=O)O)CC2)ncn1.